The molecule has 1 atom stereocenters. The van der Waals surface area contributed by atoms with Crippen LogP contribution in [0.5, 0.6) is 5.75 Å². The van der Waals surface area contributed by atoms with Crippen molar-refractivity contribution in [1.29, 1.82) is 0 Å². The Morgan fingerprint density at radius 2 is 1.52 bits per heavy atom. The molecule has 23 heavy (non-hydrogen) atoms. The summed E-state index contributed by atoms with van der Waals surface area (Å²) in [6.07, 6.45) is 2.08. The second-order valence-electron chi connectivity index (χ2n) is 8.40. The van der Waals surface area contributed by atoms with Crippen LogP contribution < -0.4 is 4.74 Å². The summed E-state index contributed by atoms with van der Waals surface area (Å²) >= 11 is 0. The molecule has 0 saturated carbocycles. The second-order valence-corrected chi connectivity index (χ2v) is 14.1. The van der Waals surface area contributed by atoms with Crippen LogP contribution in [-0.2, 0) is 11.0 Å². The fourth-order valence-electron chi connectivity index (χ4n) is 4.14. The smallest absolute Gasteiger partial charge is 0.210 e. The van der Waals surface area contributed by atoms with Crippen molar-refractivity contribution < 1.29 is 9.16 Å². The SMILES string of the molecule is C=CC(C)[Si](OCc1ccc(OC)cc1)(C(C)(C)C)C(C)(C)C. The lowest BCUT2D eigenvalue weighted by atomic mass is 10.2. The number of hydrogen-bond acceptors (Lipinski definition) is 2. The molecule has 1 aromatic rings. The molecular weight excluding hydrogens is 300 g/mol. The van der Waals surface area contributed by atoms with E-state index in [1.165, 1.54) is 5.56 Å². The molecule has 0 aromatic heterocycles. The van der Waals surface area contributed by atoms with Crippen LogP contribution in [0.2, 0.25) is 15.6 Å². The molecule has 0 bridgehead atoms. The summed E-state index contributed by atoms with van der Waals surface area (Å²) in [7, 11) is -0.467. The first-order valence-electron chi connectivity index (χ1n) is 8.39. The molecule has 0 saturated heterocycles. The maximum Gasteiger partial charge on any atom is 0.210 e. The Hall–Kier alpha value is -1.06. The van der Waals surface area contributed by atoms with Gasteiger partial charge in [0.05, 0.1) is 13.7 Å². The Labute approximate surface area is 144 Å². The van der Waals surface area contributed by atoms with E-state index in [1.54, 1.807) is 7.11 Å². The summed E-state index contributed by atoms with van der Waals surface area (Å²) in [5, 5.41) is 0.233. The average Bonchev–Trinajstić information content (AvgIpc) is 2.45. The summed E-state index contributed by atoms with van der Waals surface area (Å²) in [6.45, 7) is 20.9. The van der Waals surface area contributed by atoms with Crippen LogP contribution in [0.3, 0.4) is 0 Å². The van der Waals surface area contributed by atoms with Gasteiger partial charge >= 0.3 is 0 Å². The third-order valence-corrected chi connectivity index (χ3v) is 11.4. The summed E-state index contributed by atoms with van der Waals surface area (Å²) < 4.78 is 12.0. The van der Waals surface area contributed by atoms with Gasteiger partial charge in [-0.15, -0.1) is 6.58 Å². The zero-order chi connectivity index (χ0) is 17.9. The van der Waals surface area contributed by atoms with Crippen molar-refractivity contribution in [1.82, 2.24) is 0 Å². The van der Waals surface area contributed by atoms with E-state index in [0.717, 1.165) is 5.75 Å². The number of hydrogen-bond donors (Lipinski definition) is 0. The Morgan fingerprint density at radius 3 is 1.87 bits per heavy atom. The first-order valence-corrected chi connectivity index (χ1v) is 10.4. The molecular formula is C20H34O2Si. The highest BCUT2D eigenvalue weighted by molar-refractivity contribution is 6.81. The third kappa shape index (κ3) is 4.07. The van der Waals surface area contributed by atoms with Crippen molar-refractivity contribution in [3.63, 3.8) is 0 Å². The van der Waals surface area contributed by atoms with Gasteiger partial charge in [0.15, 0.2) is 0 Å². The van der Waals surface area contributed by atoms with E-state index in [-0.39, 0.29) is 10.1 Å². The van der Waals surface area contributed by atoms with Crippen LogP contribution >= 0.6 is 0 Å². The van der Waals surface area contributed by atoms with E-state index in [1.807, 2.05) is 12.1 Å². The highest BCUT2D eigenvalue weighted by Crippen LogP contribution is 2.57. The van der Waals surface area contributed by atoms with Gasteiger partial charge in [0, 0.05) is 0 Å². The lowest BCUT2D eigenvalue weighted by Gasteiger charge is -2.53. The van der Waals surface area contributed by atoms with E-state index >= 15 is 0 Å². The molecule has 0 radical (unpaired) electrons. The van der Waals surface area contributed by atoms with Crippen LogP contribution in [0, 0.1) is 0 Å². The van der Waals surface area contributed by atoms with Crippen LogP contribution in [0.25, 0.3) is 0 Å². The molecule has 0 aliphatic carbocycles. The fourth-order valence-corrected chi connectivity index (χ4v) is 11.0. The topological polar surface area (TPSA) is 18.5 Å². The standard InChI is InChI=1S/C20H34O2Si/c1-10-16(2)23(19(3,4)5,20(6,7)8)22-15-17-11-13-18(21-9)14-12-17/h10-14,16H,1,15H2,2-9H3. The van der Waals surface area contributed by atoms with Gasteiger partial charge < -0.3 is 9.16 Å². The molecule has 0 fully saturated rings. The van der Waals surface area contributed by atoms with E-state index in [2.05, 4.69) is 73.3 Å². The highest BCUT2D eigenvalue weighted by Gasteiger charge is 2.57. The summed E-state index contributed by atoms with van der Waals surface area (Å²) in [6, 6.07) is 8.16. The van der Waals surface area contributed by atoms with Gasteiger partial charge in [-0.2, -0.15) is 0 Å². The number of allylic oxidation sites excluding steroid dienone is 1. The van der Waals surface area contributed by atoms with Gasteiger partial charge in [-0.05, 0) is 33.3 Å². The molecule has 0 N–H and O–H groups in total. The Balaban J connectivity index is 3.16. The van der Waals surface area contributed by atoms with Gasteiger partial charge in [-0.3, -0.25) is 0 Å². The van der Waals surface area contributed by atoms with E-state index in [0.29, 0.717) is 12.1 Å². The highest BCUT2D eigenvalue weighted by atomic mass is 28.4. The van der Waals surface area contributed by atoms with Gasteiger partial charge in [0.2, 0.25) is 8.32 Å². The minimum Gasteiger partial charge on any atom is -0.497 e. The van der Waals surface area contributed by atoms with Gasteiger partial charge in [0.25, 0.3) is 0 Å². The summed E-state index contributed by atoms with van der Waals surface area (Å²) in [4.78, 5) is 0. The molecule has 0 amide bonds. The lowest BCUT2D eigenvalue weighted by Crippen LogP contribution is -2.57. The number of rotatable bonds is 6. The fraction of sp³-hybridized carbons (Fsp3) is 0.600. The predicted molar refractivity (Wildman–Crippen MR) is 103 cm³/mol. The molecule has 130 valence electrons. The molecule has 0 spiro atoms. The maximum absolute atomic E-state index is 6.80. The second kappa shape index (κ2) is 7.23. The molecule has 0 aliphatic heterocycles. The quantitative estimate of drug-likeness (QED) is 0.447. The van der Waals surface area contributed by atoms with Crippen molar-refractivity contribution in [3.8, 4) is 5.75 Å². The Kier molecular flexibility index (Phi) is 6.28. The number of ether oxygens (including phenoxy) is 1. The zero-order valence-electron chi connectivity index (χ0n) is 16.2. The molecule has 1 unspecified atom stereocenters. The first kappa shape index (κ1) is 20.0. The van der Waals surface area contributed by atoms with Crippen molar-refractivity contribution in [2.75, 3.05) is 7.11 Å². The van der Waals surface area contributed by atoms with Crippen molar-refractivity contribution >= 4 is 8.32 Å². The molecule has 0 aliphatic rings. The Bertz CT molecular complexity index is 492. The zero-order valence-corrected chi connectivity index (χ0v) is 17.2. The van der Waals surface area contributed by atoms with Gasteiger partial charge in [0.1, 0.15) is 5.75 Å². The molecule has 0 heterocycles. The van der Waals surface area contributed by atoms with Crippen molar-refractivity contribution in [2.45, 2.75) is 70.7 Å². The first-order chi connectivity index (χ1) is 10.5. The Morgan fingerprint density at radius 1 is 1.04 bits per heavy atom. The van der Waals surface area contributed by atoms with Crippen LogP contribution in [-0.4, -0.2) is 15.4 Å². The molecule has 1 aromatic carbocycles. The van der Waals surface area contributed by atoms with Crippen molar-refractivity contribution in [3.05, 3.63) is 42.5 Å². The predicted octanol–water partition coefficient (Wildman–Crippen LogP) is 6.33. The number of benzene rings is 1. The maximum atomic E-state index is 6.80. The molecule has 1 rings (SSSR count). The van der Waals surface area contributed by atoms with Gasteiger partial charge in [-0.1, -0.05) is 66.7 Å². The third-order valence-electron chi connectivity index (χ3n) is 4.85. The normalized spacial score (nSPS) is 14.4. The van der Waals surface area contributed by atoms with Crippen LogP contribution in [0.1, 0.15) is 54.0 Å². The lowest BCUT2D eigenvalue weighted by molar-refractivity contribution is 0.240. The van der Waals surface area contributed by atoms with E-state index in [4.69, 9.17) is 9.16 Å². The van der Waals surface area contributed by atoms with E-state index in [9.17, 15) is 0 Å². The van der Waals surface area contributed by atoms with Crippen LogP contribution in [0.15, 0.2) is 36.9 Å². The van der Waals surface area contributed by atoms with E-state index < -0.39 is 8.32 Å². The average molecular weight is 335 g/mol. The minimum atomic E-state index is -2.16. The largest absolute Gasteiger partial charge is 0.497 e. The van der Waals surface area contributed by atoms with Gasteiger partial charge in [-0.25, -0.2) is 0 Å². The molecule has 2 nitrogen and oxygen atoms in total. The molecule has 3 heteroatoms. The summed E-state index contributed by atoms with van der Waals surface area (Å²) in [5.74, 6) is 0.878. The minimum absolute atomic E-state index is 0.116. The monoisotopic (exact) mass is 334 g/mol. The number of methoxy groups -OCH3 is 1. The van der Waals surface area contributed by atoms with Crippen molar-refractivity contribution in [2.24, 2.45) is 0 Å². The summed E-state index contributed by atoms with van der Waals surface area (Å²) in [5.41, 5.74) is 1.56. The van der Waals surface area contributed by atoms with Crippen LogP contribution in [0.4, 0.5) is 0 Å².